The third-order valence-electron chi connectivity index (χ3n) is 1.78. The van der Waals surface area contributed by atoms with Crippen molar-refractivity contribution >= 4 is 11.4 Å². The molecule has 0 spiro atoms. The van der Waals surface area contributed by atoms with Crippen LogP contribution in [0.4, 0.5) is 11.4 Å². The summed E-state index contributed by atoms with van der Waals surface area (Å²) in [5.74, 6) is 0. The lowest BCUT2D eigenvalue weighted by Gasteiger charge is -2.03. The number of benzene rings is 1. The Bertz CT molecular complexity index is 423. The molecule has 0 bridgehead atoms. The second-order valence-corrected chi connectivity index (χ2v) is 2.66. The third kappa shape index (κ3) is 1.62. The van der Waals surface area contributed by atoms with Gasteiger partial charge in [-0.25, -0.2) is 0 Å². The summed E-state index contributed by atoms with van der Waals surface area (Å²) in [6.07, 6.45) is 0. The van der Waals surface area contributed by atoms with E-state index in [0.717, 1.165) is 0 Å². The summed E-state index contributed by atoms with van der Waals surface area (Å²) >= 11 is 0. The van der Waals surface area contributed by atoms with E-state index < -0.39 is 4.92 Å². The fourth-order valence-electron chi connectivity index (χ4n) is 1.05. The summed E-state index contributed by atoms with van der Waals surface area (Å²) in [6, 6.07) is 4.15. The molecule has 0 saturated heterocycles. The number of aryl methyl sites for hydroxylation is 1. The maximum Gasteiger partial charge on any atom is 0.287 e. The highest BCUT2D eigenvalue weighted by molar-refractivity contribution is 5.62. The molecule has 0 saturated carbocycles. The van der Waals surface area contributed by atoms with Gasteiger partial charge in [0.1, 0.15) is 11.6 Å². The number of hydrogen-bond acceptors (Lipinski definition) is 5. The first-order valence-corrected chi connectivity index (χ1v) is 3.69. The lowest BCUT2D eigenvalue weighted by atomic mass is 10.1. The van der Waals surface area contributed by atoms with Crippen LogP contribution in [0.2, 0.25) is 0 Å². The molecule has 6 nitrogen and oxygen atoms in total. The van der Waals surface area contributed by atoms with E-state index in [1.807, 2.05) is 5.48 Å². The second kappa shape index (κ2) is 3.72. The Kier molecular flexibility index (Phi) is 2.65. The molecule has 2 N–H and O–H groups in total. The van der Waals surface area contributed by atoms with Gasteiger partial charge >= 0.3 is 0 Å². The highest BCUT2D eigenvalue weighted by Crippen LogP contribution is 2.25. The second-order valence-electron chi connectivity index (χ2n) is 2.66. The molecule has 72 valence electrons. The van der Waals surface area contributed by atoms with Crippen LogP contribution in [0.15, 0.2) is 12.1 Å². The van der Waals surface area contributed by atoms with Crippen molar-refractivity contribution in [1.82, 2.24) is 0 Å². The number of nitrogens with one attached hydrogen (secondary N) is 1. The van der Waals surface area contributed by atoms with Gasteiger partial charge in [-0.1, -0.05) is 0 Å². The average molecular weight is 193 g/mol. The predicted molar refractivity (Wildman–Crippen MR) is 48.0 cm³/mol. The van der Waals surface area contributed by atoms with Gasteiger partial charge in [0.15, 0.2) is 0 Å². The Morgan fingerprint density at radius 1 is 1.64 bits per heavy atom. The molecule has 0 aliphatic heterocycles. The summed E-state index contributed by atoms with van der Waals surface area (Å²) in [5.41, 5.74) is 2.30. The fraction of sp³-hybridized carbons (Fsp3) is 0.125. The Morgan fingerprint density at radius 3 is 2.71 bits per heavy atom. The molecular formula is C8H7N3O3. The Hall–Kier alpha value is -2.13. The molecule has 1 rings (SSSR count). The molecule has 0 amide bonds. The molecule has 0 unspecified atom stereocenters. The van der Waals surface area contributed by atoms with Crippen LogP contribution in [0.3, 0.4) is 0 Å². The van der Waals surface area contributed by atoms with Gasteiger partial charge in [0.05, 0.1) is 10.6 Å². The molecule has 14 heavy (non-hydrogen) atoms. The molecule has 6 heteroatoms. The molecule has 0 fully saturated rings. The number of hydrogen-bond donors (Lipinski definition) is 2. The maximum atomic E-state index is 10.5. The zero-order chi connectivity index (χ0) is 10.7. The first-order chi connectivity index (χ1) is 6.60. The summed E-state index contributed by atoms with van der Waals surface area (Å²) in [7, 11) is 0. The first-order valence-electron chi connectivity index (χ1n) is 3.69. The highest BCUT2D eigenvalue weighted by atomic mass is 16.6. The number of nitro benzene ring substituents is 1. The van der Waals surface area contributed by atoms with E-state index in [-0.39, 0.29) is 16.9 Å². The van der Waals surface area contributed by atoms with E-state index >= 15 is 0 Å². The number of nitriles is 1. The fourth-order valence-corrected chi connectivity index (χ4v) is 1.05. The van der Waals surface area contributed by atoms with Gasteiger partial charge in [0, 0.05) is 6.07 Å². The molecular weight excluding hydrogens is 186 g/mol. The van der Waals surface area contributed by atoms with Crippen molar-refractivity contribution in [2.24, 2.45) is 0 Å². The quantitative estimate of drug-likeness (QED) is 0.548. The van der Waals surface area contributed by atoms with Crippen LogP contribution >= 0.6 is 0 Å². The molecule has 1 aromatic carbocycles. The lowest BCUT2D eigenvalue weighted by Crippen LogP contribution is -1.98. The minimum atomic E-state index is -0.632. The van der Waals surface area contributed by atoms with E-state index in [1.54, 1.807) is 13.0 Å². The van der Waals surface area contributed by atoms with Crippen LogP contribution < -0.4 is 5.48 Å². The number of anilines is 1. The summed E-state index contributed by atoms with van der Waals surface area (Å²) in [6.45, 7) is 1.59. The van der Waals surface area contributed by atoms with Gasteiger partial charge < -0.3 is 0 Å². The molecule has 0 aliphatic rings. The predicted octanol–water partition coefficient (Wildman–Crippen LogP) is 1.58. The molecule has 0 atom stereocenters. The van der Waals surface area contributed by atoms with Crippen LogP contribution in [-0.2, 0) is 0 Å². The SMILES string of the molecule is Cc1cc([N+](=O)[O-])c(C#N)cc1NO. The maximum absolute atomic E-state index is 10.5. The topological polar surface area (TPSA) is 99.2 Å². The van der Waals surface area contributed by atoms with Gasteiger partial charge in [-0.2, -0.15) is 5.26 Å². The molecule has 0 aromatic heterocycles. The van der Waals surface area contributed by atoms with E-state index in [4.69, 9.17) is 10.5 Å². The minimum absolute atomic E-state index is 0.0860. The Morgan fingerprint density at radius 2 is 2.29 bits per heavy atom. The van der Waals surface area contributed by atoms with Crippen LogP contribution in [-0.4, -0.2) is 10.1 Å². The normalized spacial score (nSPS) is 9.21. The molecule has 0 heterocycles. The monoisotopic (exact) mass is 193 g/mol. The molecule has 1 aromatic rings. The zero-order valence-electron chi connectivity index (χ0n) is 7.31. The van der Waals surface area contributed by atoms with Crippen LogP contribution in [0.25, 0.3) is 0 Å². The Labute approximate surface area is 79.5 Å². The van der Waals surface area contributed by atoms with Crippen molar-refractivity contribution in [1.29, 1.82) is 5.26 Å². The molecule has 0 aliphatic carbocycles. The zero-order valence-corrected chi connectivity index (χ0v) is 7.31. The van der Waals surface area contributed by atoms with Gasteiger partial charge in [0.2, 0.25) is 0 Å². The smallest absolute Gasteiger partial charge is 0.287 e. The van der Waals surface area contributed by atoms with E-state index in [2.05, 4.69) is 0 Å². The Balaban J connectivity index is 3.41. The van der Waals surface area contributed by atoms with Gasteiger partial charge in [-0.05, 0) is 18.6 Å². The third-order valence-corrected chi connectivity index (χ3v) is 1.78. The van der Waals surface area contributed by atoms with Crippen LogP contribution in [0, 0.1) is 28.4 Å². The number of rotatable bonds is 2. The van der Waals surface area contributed by atoms with Gasteiger partial charge in [-0.15, -0.1) is 0 Å². The van der Waals surface area contributed by atoms with Crippen molar-refractivity contribution in [3.63, 3.8) is 0 Å². The van der Waals surface area contributed by atoms with Crippen molar-refractivity contribution in [2.45, 2.75) is 6.92 Å². The first kappa shape index (κ1) is 9.95. The summed E-state index contributed by atoms with van der Waals surface area (Å²) in [5, 5.41) is 27.8. The van der Waals surface area contributed by atoms with Gasteiger partial charge in [0.25, 0.3) is 5.69 Å². The van der Waals surface area contributed by atoms with Crippen molar-refractivity contribution in [2.75, 3.05) is 5.48 Å². The largest absolute Gasteiger partial charge is 0.291 e. The van der Waals surface area contributed by atoms with Crippen LogP contribution in [0.5, 0.6) is 0 Å². The van der Waals surface area contributed by atoms with Crippen molar-refractivity contribution in [3.8, 4) is 6.07 Å². The van der Waals surface area contributed by atoms with Crippen LogP contribution in [0.1, 0.15) is 11.1 Å². The van der Waals surface area contributed by atoms with E-state index in [9.17, 15) is 10.1 Å². The summed E-state index contributed by atoms with van der Waals surface area (Å²) < 4.78 is 0. The lowest BCUT2D eigenvalue weighted by molar-refractivity contribution is -0.385. The van der Waals surface area contributed by atoms with Gasteiger partial charge in [-0.3, -0.25) is 20.8 Å². The number of nitrogens with zero attached hydrogens (tertiary/aromatic N) is 2. The molecule has 0 radical (unpaired) electrons. The standard InChI is InChI=1S/C8H7N3O3/c1-5-2-8(11(13)14)6(4-9)3-7(5)10-12/h2-3,10,12H,1H3. The minimum Gasteiger partial charge on any atom is -0.291 e. The summed E-state index contributed by atoms with van der Waals surface area (Å²) in [4.78, 5) is 9.87. The van der Waals surface area contributed by atoms with Crippen molar-refractivity contribution < 1.29 is 10.1 Å². The highest BCUT2D eigenvalue weighted by Gasteiger charge is 2.15. The number of nitro groups is 1. The van der Waals surface area contributed by atoms with Crippen molar-refractivity contribution in [3.05, 3.63) is 33.4 Å². The van der Waals surface area contributed by atoms with E-state index in [1.165, 1.54) is 12.1 Å². The average Bonchev–Trinajstić information content (AvgIpc) is 2.17. The van der Waals surface area contributed by atoms with E-state index in [0.29, 0.717) is 5.56 Å².